The molecule has 1 rings (SSSR count). The molecule has 0 saturated carbocycles. The standard InChI is InChI=1S/C12H15BrO2/c1-3-12(2,11(14)15)10-6-4-5-9(7-10)8-13/h4-7H,3,8H2,1-2H3,(H,14,15). The predicted octanol–water partition coefficient (Wildman–Crippen LogP) is 3.33. The average molecular weight is 271 g/mol. The molecule has 0 radical (unpaired) electrons. The van der Waals surface area contributed by atoms with Crippen LogP contribution in [0.3, 0.4) is 0 Å². The average Bonchev–Trinajstić information content (AvgIpc) is 2.27. The van der Waals surface area contributed by atoms with Crippen LogP contribution in [-0.4, -0.2) is 11.1 Å². The van der Waals surface area contributed by atoms with Gasteiger partial charge in [0.1, 0.15) is 0 Å². The minimum atomic E-state index is -0.780. The Labute approximate surface area is 98.4 Å². The van der Waals surface area contributed by atoms with Gasteiger partial charge in [0.2, 0.25) is 0 Å². The zero-order chi connectivity index (χ0) is 11.5. The van der Waals surface area contributed by atoms with Crippen LogP contribution in [0.15, 0.2) is 24.3 Å². The van der Waals surface area contributed by atoms with Gasteiger partial charge in [-0.05, 0) is 24.5 Å². The van der Waals surface area contributed by atoms with Gasteiger partial charge in [0.05, 0.1) is 5.41 Å². The number of benzene rings is 1. The number of rotatable bonds is 4. The van der Waals surface area contributed by atoms with E-state index in [0.29, 0.717) is 6.42 Å². The first kappa shape index (κ1) is 12.2. The molecule has 1 unspecified atom stereocenters. The van der Waals surface area contributed by atoms with E-state index in [1.807, 2.05) is 31.2 Å². The van der Waals surface area contributed by atoms with Crippen molar-refractivity contribution < 1.29 is 9.90 Å². The molecule has 0 aliphatic rings. The number of halogens is 1. The Balaban J connectivity index is 3.18. The molecule has 1 N–H and O–H groups in total. The van der Waals surface area contributed by atoms with Crippen molar-refractivity contribution in [1.29, 1.82) is 0 Å². The molecule has 1 aromatic carbocycles. The molecule has 0 aromatic heterocycles. The fraction of sp³-hybridized carbons (Fsp3) is 0.417. The van der Waals surface area contributed by atoms with Gasteiger partial charge in [-0.25, -0.2) is 0 Å². The summed E-state index contributed by atoms with van der Waals surface area (Å²) in [6.45, 7) is 3.66. The molecule has 0 heterocycles. The maximum atomic E-state index is 11.2. The fourth-order valence-corrected chi connectivity index (χ4v) is 1.83. The summed E-state index contributed by atoms with van der Waals surface area (Å²) < 4.78 is 0. The van der Waals surface area contributed by atoms with E-state index in [2.05, 4.69) is 15.9 Å². The summed E-state index contributed by atoms with van der Waals surface area (Å²) in [6.07, 6.45) is 0.591. The van der Waals surface area contributed by atoms with Crippen LogP contribution >= 0.6 is 15.9 Å². The van der Waals surface area contributed by atoms with Crippen LogP contribution in [0, 0.1) is 0 Å². The van der Waals surface area contributed by atoms with E-state index >= 15 is 0 Å². The van der Waals surface area contributed by atoms with Gasteiger partial charge < -0.3 is 5.11 Å². The fourth-order valence-electron chi connectivity index (χ4n) is 1.48. The highest BCUT2D eigenvalue weighted by molar-refractivity contribution is 9.08. The third-order valence-electron chi connectivity index (χ3n) is 2.90. The Morgan fingerprint density at radius 1 is 1.53 bits per heavy atom. The normalized spacial score (nSPS) is 14.6. The zero-order valence-electron chi connectivity index (χ0n) is 8.96. The second-order valence-corrected chi connectivity index (χ2v) is 4.39. The van der Waals surface area contributed by atoms with Crippen LogP contribution in [0.4, 0.5) is 0 Å². The van der Waals surface area contributed by atoms with Crippen molar-refractivity contribution in [3.05, 3.63) is 35.4 Å². The van der Waals surface area contributed by atoms with Crippen LogP contribution in [0.1, 0.15) is 31.4 Å². The first-order valence-corrected chi connectivity index (χ1v) is 6.05. The lowest BCUT2D eigenvalue weighted by Crippen LogP contribution is -2.31. The largest absolute Gasteiger partial charge is 0.481 e. The monoisotopic (exact) mass is 270 g/mol. The second kappa shape index (κ2) is 4.79. The highest BCUT2D eigenvalue weighted by Crippen LogP contribution is 2.28. The van der Waals surface area contributed by atoms with E-state index in [0.717, 1.165) is 16.5 Å². The molecular formula is C12H15BrO2. The maximum absolute atomic E-state index is 11.2. The topological polar surface area (TPSA) is 37.3 Å². The van der Waals surface area contributed by atoms with Gasteiger partial charge in [0.25, 0.3) is 0 Å². The Morgan fingerprint density at radius 2 is 2.20 bits per heavy atom. The molecule has 0 aliphatic heterocycles. The minimum absolute atomic E-state index is 0.591. The van der Waals surface area contributed by atoms with E-state index in [4.69, 9.17) is 0 Å². The highest BCUT2D eigenvalue weighted by Gasteiger charge is 2.33. The predicted molar refractivity (Wildman–Crippen MR) is 64.4 cm³/mol. The lowest BCUT2D eigenvalue weighted by molar-refractivity contribution is -0.143. The lowest BCUT2D eigenvalue weighted by atomic mass is 9.80. The third kappa shape index (κ3) is 2.40. The summed E-state index contributed by atoms with van der Waals surface area (Å²) in [5.74, 6) is -0.767. The van der Waals surface area contributed by atoms with Crippen molar-refractivity contribution in [2.45, 2.75) is 31.0 Å². The molecule has 2 nitrogen and oxygen atoms in total. The summed E-state index contributed by atoms with van der Waals surface area (Å²) in [7, 11) is 0. The molecule has 0 bridgehead atoms. The molecule has 0 amide bonds. The molecule has 0 saturated heterocycles. The number of aliphatic carboxylic acids is 1. The van der Waals surface area contributed by atoms with Gasteiger partial charge in [-0.1, -0.05) is 47.1 Å². The number of carboxylic acids is 1. The van der Waals surface area contributed by atoms with Crippen molar-refractivity contribution in [2.24, 2.45) is 0 Å². The van der Waals surface area contributed by atoms with Crippen LogP contribution in [0.5, 0.6) is 0 Å². The van der Waals surface area contributed by atoms with Gasteiger partial charge in [-0.2, -0.15) is 0 Å². The van der Waals surface area contributed by atoms with Crippen LogP contribution in [0.25, 0.3) is 0 Å². The third-order valence-corrected chi connectivity index (χ3v) is 3.55. The van der Waals surface area contributed by atoms with Crippen LogP contribution in [-0.2, 0) is 15.5 Å². The van der Waals surface area contributed by atoms with Crippen molar-refractivity contribution in [3.8, 4) is 0 Å². The van der Waals surface area contributed by atoms with Crippen molar-refractivity contribution in [1.82, 2.24) is 0 Å². The molecule has 15 heavy (non-hydrogen) atoms. The summed E-state index contributed by atoms with van der Waals surface area (Å²) in [6, 6.07) is 7.72. The summed E-state index contributed by atoms with van der Waals surface area (Å²) in [5, 5.41) is 9.99. The van der Waals surface area contributed by atoms with Crippen molar-refractivity contribution in [3.63, 3.8) is 0 Å². The molecule has 0 spiro atoms. The first-order valence-electron chi connectivity index (χ1n) is 4.93. The van der Waals surface area contributed by atoms with Gasteiger partial charge in [0, 0.05) is 5.33 Å². The highest BCUT2D eigenvalue weighted by atomic mass is 79.9. The number of alkyl halides is 1. The van der Waals surface area contributed by atoms with E-state index in [9.17, 15) is 9.90 Å². The van der Waals surface area contributed by atoms with Gasteiger partial charge in [-0.3, -0.25) is 4.79 Å². The van der Waals surface area contributed by atoms with Crippen LogP contribution in [0.2, 0.25) is 0 Å². The first-order chi connectivity index (χ1) is 7.04. The Bertz CT molecular complexity index is 362. The molecule has 1 atom stereocenters. The number of hydrogen-bond donors (Lipinski definition) is 1. The summed E-state index contributed by atoms with van der Waals surface area (Å²) >= 11 is 3.37. The van der Waals surface area contributed by atoms with Gasteiger partial charge >= 0.3 is 5.97 Å². The number of carboxylic acid groups (broad SMARTS) is 1. The van der Waals surface area contributed by atoms with Crippen molar-refractivity contribution in [2.75, 3.05) is 0 Å². The van der Waals surface area contributed by atoms with Gasteiger partial charge in [0.15, 0.2) is 0 Å². The smallest absolute Gasteiger partial charge is 0.313 e. The molecule has 3 heteroatoms. The molecule has 0 fully saturated rings. The molecule has 82 valence electrons. The summed E-state index contributed by atoms with van der Waals surface area (Å²) in [4.78, 5) is 11.2. The summed E-state index contributed by atoms with van der Waals surface area (Å²) in [5.41, 5.74) is 1.20. The SMILES string of the molecule is CCC(C)(C(=O)O)c1cccc(CBr)c1. The van der Waals surface area contributed by atoms with E-state index < -0.39 is 11.4 Å². The zero-order valence-corrected chi connectivity index (χ0v) is 10.5. The maximum Gasteiger partial charge on any atom is 0.313 e. The minimum Gasteiger partial charge on any atom is -0.481 e. The molecular weight excluding hydrogens is 256 g/mol. The molecule has 0 aliphatic carbocycles. The van der Waals surface area contributed by atoms with Crippen LogP contribution < -0.4 is 0 Å². The Hall–Kier alpha value is -0.830. The second-order valence-electron chi connectivity index (χ2n) is 3.82. The Kier molecular flexibility index (Phi) is 3.91. The van der Waals surface area contributed by atoms with E-state index in [1.54, 1.807) is 6.92 Å². The van der Waals surface area contributed by atoms with Gasteiger partial charge in [-0.15, -0.1) is 0 Å². The van der Waals surface area contributed by atoms with Crippen molar-refractivity contribution >= 4 is 21.9 Å². The van der Waals surface area contributed by atoms with E-state index in [1.165, 1.54) is 0 Å². The lowest BCUT2D eigenvalue weighted by Gasteiger charge is -2.23. The number of carbonyl (C=O) groups is 1. The quantitative estimate of drug-likeness (QED) is 0.853. The Morgan fingerprint density at radius 3 is 2.67 bits per heavy atom. The number of hydrogen-bond acceptors (Lipinski definition) is 1. The molecule has 1 aromatic rings. The van der Waals surface area contributed by atoms with E-state index in [-0.39, 0.29) is 0 Å².